The fraction of sp³-hybridized carbons (Fsp3) is 0.562. The molecule has 0 bridgehead atoms. The molecule has 1 aromatic heterocycles. The summed E-state index contributed by atoms with van der Waals surface area (Å²) in [5, 5.41) is 0. The van der Waals surface area contributed by atoms with Gasteiger partial charge in [-0.05, 0) is 44.2 Å². The molecule has 0 radical (unpaired) electrons. The summed E-state index contributed by atoms with van der Waals surface area (Å²) in [7, 11) is 0. The maximum absolute atomic E-state index is 12.6. The molecule has 1 fully saturated rings. The average Bonchev–Trinajstić information content (AvgIpc) is 2.53. The van der Waals surface area contributed by atoms with Gasteiger partial charge in [-0.2, -0.15) is 0 Å². The van der Waals surface area contributed by atoms with Crippen LogP contribution in [0, 0.1) is 10.6 Å². The van der Waals surface area contributed by atoms with Crippen LogP contribution in [0.15, 0.2) is 18.3 Å². The van der Waals surface area contributed by atoms with E-state index in [0.717, 1.165) is 25.8 Å². The molecule has 1 N–H and O–H groups in total. The molecule has 1 unspecified atom stereocenters. The average molecular weight is 322 g/mol. The highest BCUT2D eigenvalue weighted by Crippen LogP contribution is 2.22. The van der Waals surface area contributed by atoms with Gasteiger partial charge in [0.2, 0.25) is 0 Å². The molecule has 0 aromatic carbocycles. The summed E-state index contributed by atoms with van der Waals surface area (Å²) in [6.07, 6.45) is 4.92. The third-order valence-corrected chi connectivity index (χ3v) is 4.25. The Labute approximate surface area is 135 Å². The highest BCUT2D eigenvalue weighted by atomic mass is 32.1. The standard InChI is InChI=1S/C16H22N2O3S/c1-2-21-14(19)8-7-12-5-4-10-18(11-12)16(20)13-6-3-9-17-15(13)22/h3,6,9,12H,2,4-5,7-8,10-11H2,1H3,(H,17,22). The number of amides is 1. The van der Waals surface area contributed by atoms with Crippen molar-refractivity contribution in [1.82, 2.24) is 9.88 Å². The molecular formula is C16H22N2O3S. The fourth-order valence-electron chi connectivity index (χ4n) is 2.80. The number of pyridine rings is 1. The number of hydrogen-bond acceptors (Lipinski definition) is 4. The lowest BCUT2D eigenvalue weighted by atomic mass is 9.93. The van der Waals surface area contributed by atoms with Gasteiger partial charge in [-0.15, -0.1) is 0 Å². The van der Waals surface area contributed by atoms with E-state index in [4.69, 9.17) is 17.0 Å². The van der Waals surface area contributed by atoms with Crippen molar-refractivity contribution in [3.8, 4) is 0 Å². The molecule has 0 saturated carbocycles. The Morgan fingerprint density at radius 2 is 2.32 bits per heavy atom. The fourth-order valence-corrected chi connectivity index (χ4v) is 3.02. The van der Waals surface area contributed by atoms with Gasteiger partial charge >= 0.3 is 5.97 Å². The third-order valence-electron chi connectivity index (χ3n) is 3.92. The zero-order chi connectivity index (χ0) is 15.9. The Morgan fingerprint density at radius 1 is 1.50 bits per heavy atom. The first kappa shape index (κ1) is 16.7. The Hall–Kier alpha value is -1.69. The third kappa shape index (κ3) is 4.40. The van der Waals surface area contributed by atoms with Crippen LogP contribution >= 0.6 is 12.2 Å². The lowest BCUT2D eigenvalue weighted by molar-refractivity contribution is -0.143. The van der Waals surface area contributed by atoms with Crippen molar-refractivity contribution in [3.05, 3.63) is 28.5 Å². The molecule has 6 heteroatoms. The highest BCUT2D eigenvalue weighted by molar-refractivity contribution is 7.71. The van der Waals surface area contributed by atoms with E-state index in [9.17, 15) is 9.59 Å². The Balaban J connectivity index is 1.93. The molecule has 1 atom stereocenters. The van der Waals surface area contributed by atoms with Gasteiger partial charge in [0.1, 0.15) is 4.64 Å². The number of likely N-dealkylation sites (tertiary alicyclic amines) is 1. The zero-order valence-corrected chi connectivity index (χ0v) is 13.7. The lowest BCUT2D eigenvalue weighted by Gasteiger charge is -2.32. The first-order chi connectivity index (χ1) is 10.6. The zero-order valence-electron chi connectivity index (χ0n) is 12.8. The number of H-pyrrole nitrogens is 1. The molecule has 2 heterocycles. The van der Waals surface area contributed by atoms with Gasteiger partial charge in [-0.1, -0.05) is 12.2 Å². The van der Waals surface area contributed by atoms with E-state index in [1.807, 2.05) is 11.8 Å². The Bertz CT molecular complexity index is 585. The molecule has 22 heavy (non-hydrogen) atoms. The quantitative estimate of drug-likeness (QED) is 0.669. The van der Waals surface area contributed by atoms with E-state index >= 15 is 0 Å². The lowest BCUT2D eigenvalue weighted by Crippen LogP contribution is -2.40. The summed E-state index contributed by atoms with van der Waals surface area (Å²) in [5.74, 6) is 0.169. The van der Waals surface area contributed by atoms with Crippen molar-refractivity contribution < 1.29 is 14.3 Å². The monoisotopic (exact) mass is 322 g/mol. The van der Waals surface area contributed by atoms with E-state index in [0.29, 0.717) is 35.7 Å². The molecule has 5 nitrogen and oxygen atoms in total. The number of carbonyl (C=O) groups excluding carboxylic acids is 2. The number of aromatic amines is 1. The predicted octanol–water partition coefficient (Wildman–Crippen LogP) is 2.94. The summed E-state index contributed by atoms with van der Waals surface area (Å²) in [6.45, 7) is 3.66. The number of nitrogens with one attached hydrogen (secondary N) is 1. The van der Waals surface area contributed by atoms with Crippen LogP contribution in [0.1, 0.15) is 43.0 Å². The van der Waals surface area contributed by atoms with Crippen molar-refractivity contribution in [2.75, 3.05) is 19.7 Å². The van der Waals surface area contributed by atoms with Gasteiger partial charge in [-0.25, -0.2) is 0 Å². The normalized spacial score (nSPS) is 18.0. The molecule has 120 valence electrons. The molecule has 2 rings (SSSR count). The van der Waals surface area contributed by atoms with Crippen molar-refractivity contribution in [1.29, 1.82) is 0 Å². The van der Waals surface area contributed by atoms with Crippen molar-refractivity contribution in [2.45, 2.75) is 32.6 Å². The first-order valence-corrected chi connectivity index (χ1v) is 8.15. The Kier molecular flexibility index (Phi) is 6.12. The van der Waals surface area contributed by atoms with Crippen molar-refractivity contribution in [2.24, 2.45) is 5.92 Å². The predicted molar refractivity (Wildman–Crippen MR) is 86.1 cm³/mol. The van der Waals surface area contributed by atoms with Crippen LogP contribution in [0.25, 0.3) is 0 Å². The van der Waals surface area contributed by atoms with Crippen LogP contribution < -0.4 is 0 Å². The first-order valence-electron chi connectivity index (χ1n) is 7.74. The molecule has 0 aliphatic carbocycles. The van der Waals surface area contributed by atoms with Gasteiger partial charge in [0, 0.05) is 25.7 Å². The van der Waals surface area contributed by atoms with Gasteiger partial charge in [0.25, 0.3) is 5.91 Å². The number of aromatic nitrogens is 1. The minimum Gasteiger partial charge on any atom is -0.466 e. The molecule has 1 saturated heterocycles. The van der Waals surface area contributed by atoms with Crippen LogP contribution in [0.5, 0.6) is 0 Å². The minimum atomic E-state index is -0.156. The maximum atomic E-state index is 12.6. The highest BCUT2D eigenvalue weighted by Gasteiger charge is 2.25. The summed E-state index contributed by atoms with van der Waals surface area (Å²) in [5.41, 5.74) is 0.545. The summed E-state index contributed by atoms with van der Waals surface area (Å²) < 4.78 is 5.43. The number of piperidine rings is 1. The largest absolute Gasteiger partial charge is 0.466 e. The van der Waals surface area contributed by atoms with E-state index in [2.05, 4.69) is 4.98 Å². The second kappa shape index (κ2) is 8.08. The smallest absolute Gasteiger partial charge is 0.305 e. The SMILES string of the molecule is CCOC(=O)CCC1CCCN(C(=O)c2ccc[nH]c2=S)C1. The van der Waals surface area contributed by atoms with Crippen molar-refractivity contribution in [3.63, 3.8) is 0 Å². The molecular weight excluding hydrogens is 300 g/mol. The van der Waals surface area contributed by atoms with E-state index in [1.165, 1.54) is 0 Å². The van der Waals surface area contributed by atoms with E-state index < -0.39 is 0 Å². The second-order valence-corrected chi connectivity index (χ2v) is 5.92. The number of hydrogen-bond donors (Lipinski definition) is 1. The van der Waals surface area contributed by atoms with E-state index in [1.54, 1.807) is 18.3 Å². The topological polar surface area (TPSA) is 62.4 Å². The second-order valence-electron chi connectivity index (χ2n) is 5.52. The van der Waals surface area contributed by atoms with Gasteiger partial charge in [0.05, 0.1) is 12.2 Å². The number of carbonyl (C=O) groups is 2. The van der Waals surface area contributed by atoms with Crippen LogP contribution in [0.3, 0.4) is 0 Å². The van der Waals surface area contributed by atoms with Crippen LogP contribution in [-0.2, 0) is 9.53 Å². The summed E-state index contributed by atoms with van der Waals surface area (Å²) in [6, 6.07) is 3.54. The van der Waals surface area contributed by atoms with Crippen LogP contribution in [-0.4, -0.2) is 41.5 Å². The molecule has 0 spiro atoms. The molecule has 1 aromatic rings. The number of nitrogens with zero attached hydrogens (tertiary/aromatic N) is 1. The van der Waals surface area contributed by atoms with Gasteiger partial charge in [-0.3, -0.25) is 9.59 Å². The van der Waals surface area contributed by atoms with Crippen LogP contribution in [0.4, 0.5) is 0 Å². The summed E-state index contributed by atoms with van der Waals surface area (Å²) >= 11 is 5.18. The molecule has 1 aliphatic heterocycles. The minimum absolute atomic E-state index is 0.0253. The maximum Gasteiger partial charge on any atom is 0.305 e. The van der Waals surface area contributed by atoms with Crippen LogP contribution in [0.2, 0.25) is 0 Å². The number of rotatable bonds is 5. The van der Waals surface area contributed by atoms with Gasteiger partial charge in [0.15, 0.2) is 0 Å². The van der Waals surface area contributed by atoms with Crippen molar-refractivity contribution >= 4 is 24.1 Å². The molecule has 1 aliphatic rings. The molecule has 1 amide bonds. The van der Waals surface area contributed by atoms with Gasteiger partial charge < -0.3 is 14.6 Å². The van der Waals surface area contributed by atoms with E-state index in [-0.39, 0.29) is 11.9 Å². The summed E-state index contributed by atoms with van der Waals surface area (Å²) in [4.78, 5) is 28.7. The number of ether oxygens (including phenoxy) is 1. The number of esters is 1. The Morgan fingerprint density at radius 3 is 3.05 bits per heavy atom.